The average molecular weight is 348 g/mol. The van der Waals surface area contributed by atoms with Gasteiger partial charge < -0.3 is 10.1 Å². The molecule has 2 aliphatic rings. The van der Waals surface area contributed by atoms with E-state index < -0.39 is 0 Å². The molecule has 2 aliphatic heterocycles. The molecule has 2 aromatic rings. The van der Waals surface area contributed by atoms with Gasteiger partial charge in [-0.25, -0.2) is 4.79 Å². The Kier molecular flexibility index (Phi) is 4.37. The zero-order valence-corrected chi connectivity index (χ0v) is 14.4. The van der Waals surface area contributed by atoms with Crippen molar-refractivity contribution in [1.29, 1.82) is 0 Å². The van der Waals surface area contributed by atoms with Crippen molar-refractivity contribution in [2.75, 3.05) is 4.90 Å². The Balaban J connectivity index is 1.46. The Morgan fingerprint density at radius 1 is 1.17 bits per heavy atom. The van der Waals surface area contributed by atoms with E-state index in [-0.39, 0.29) is 12.2 Å². The van der Waals surface area contributed by atoms with Crippen LogP contribution in [0.15, 0.2) is 33.7 Å². The van der Waals surface area contributed by atoms with E-state index in [1.165, 1.54) is 12.8 Å². The van der Waals surface area contributed by atoms with E-state index in [4.69, 9.17) is 4.74 Å². The molecule has 4 heterocycles. The molecular weight excluding hydrogens is 328 g/mol. The monoisotopic (exact) mass is 348 g/mol. The number of thiophene rings is 2. The fourth-order valence-corrected chi connectivity index (χ4v) is 4.85. The number of amides is 1. The lowest BCUT2D eigenvalue weighted by molar-refractivity contribution is 0.0719. The summed E-state index contributed by atoms with van der Waals surface area (Å²) in [5, 5.41) is 11.7. The minimum atomic E-state index is -0.221. The standard InChI is InChI=1S/C17H20N2O2S2/c20-17(21-16-7-13-1-2-14(8-16)18-13)19(15-4-6-23-11-15)9-12-3-5-22-10-12/h3-6,10-11,13-14,16,18H,1-2,7-9H2/t13-,14+,16+. The smallest absolute Gasteiger partial charge is 0.414 e. The van der Waals surface area contributed by atoms with Gasteiger partial charge in [-0.2, -0.15) is 22.7 Å². The highest BCUT2D eigenvalue weighted by Crippen LogP contribution is 2.30. The summed E-state index contributed by atoms with van der Waals surface area (Å²) in [4.78, 5) is 14.5. The molecule has 0 aromatic carbocycles. The number of carbonyl (C=O) groups excluding carboxylic acids is 1. The van der Waals surface area contributed by atoms with Crippen LogP contribution in [0, 0.1) is 0 Å². The van der Waals surface area contributed by atoms with Crippen molar-refractivity contribution in [3.63, 3.8) is 0 Å². The predicted molar refractivity (Wildman–Crippen MR) is 94.3 cm³/mol. The lowest BCUT2D eigenvalue weighted by Crippen LogP contribution is -2.44. The maximum absolute atomic E-state index is 12.8. The van der Waals surface area contributed by atoms with E-state index >= 15 is 0 Å². The third kappa shape index (κ3) is 3.44. The first kappa shape index (κ1) is 15.2. The van der Waals surface area contributed by atoms with E-state index in [1.807, 2.05) is 22.2 Å². The number of ether oxygens (including phenoxy) is 1. The second-order valence-corrected chi connectivity index (χ2v) is 7.87. The highest BCUT2D eigenvalue weighted by atomic mass is 32.1. The lowest BCUT2D eigenvalue weighted by Gasteiger charge is -2.31. The highest BCUT2D eigenvalue weighted by molar-refractivity contribution is 7.08. The Morgan fingerprint density at radius 3 is 2.57 bits per heavy atom. The summed E-state index contributed by atoms with van der Waals surface area (Å²) in [7, 11) is 0. The van der Waals surface area contributed by atoms with E-state index in [0.717, 1.165) is 24.1 Å². The van der Waals surface area contributed by atoms with Crippen LogP contribution >= 0.6 is 22.7 Å². The number of carbonyl (C=O) groups is 1. The van der Waals surface area contributed by atoms with E-state index in [0.29, 0.717) is 18.6 Å². The van der Waals surface area contributed by atoms with Gasteiger partial charge in [0.1, 0.15) is 6.10 Å². The van der Waals surface area contributed by atoms with Crippen molar-refractivity contribution in [3.05, 3.63) is 39.2 Å². The first-order valence-electron chi connectivity index (χ1n) is 8.05. The summed E-state index contributed by atoms with van der Waals surface area (Å²) in [6, 6.07) is 5.09. The van der Waals surface area contributed by atoms with Gasteiger partial charge in [0.15, 0.2) is 0 Å². The van der Waals surface area contributed by atoms with Gasteiger partial charge in [0.05, 0.1) is 12.2 Å². The SMILES string of the molecule is O=C(O[C@H]1C[C@H]2CC[C@@H](C1)N2)N(Cc1ccsc1)c1ccsc1. The molecule has 6 heteroatoms. The summed E-state index contributed by atoms with van der Waals surface area (Å²) >= 11 is 3.25. The van der Waals surface area contributed by atoms with Gasteiger partial charge in [0.25, 0.3) is 0 Å². The first-order valence-corrected chi connectivity index (χ1v) is 9.94. The molecule has 0 radical (unpaired) electrons. The molecule has 2 saturated heterocycles. The van der Waals surface area contributed by atoms with Gasteiger partial charge in [0, 0.05) is 17.5 Å². The van der Waals surface area contributed by atoms with Crippen molar-refractivity contribution in [3.8, 4) is 0 Å². The van der Waals surface area contributed by atoms with Crippen molar-refractivity contribution >= 4 is 34.5 Å². The maximum Gasteiger partial charge on any atom is 0.414 e. The molecule has 2 aromatic heterocycles. The zero-order chi connectivity index (χ0) is 15.6. The van der Waals surface area contributed by atoms with E-state index in [2.05, 4.69) is 16.8 Å². The number of nitrogens with zero attached hydrogens (tertiary/aromatic N) is 1. The van der Waals surface area contributed by atoms with Crippen LogP contribution < -0.4 is 10.2 Å². The number of nitrogens with one attached hydrogen (secondary N) is 1. The van der Waals surface area contributed by atoms with E-state index in [1.54, 1.807) is 27.6 Å². The van der Waals surface area contributed by atoms with Crippen LogP contribution in [0.4, 0.5) is 10.5 Å². The molecule has 0 spiro atoms. The molecule has 4 rings (SSSR count). The summed E-state index contributed by atoms with van der Waals surface area (Å²) in [5.74, 6) is 0. The van der Waals surface area contributed by atoms with Crippen molar-refractivity contribution in [2.45, 2.75) is 50.4 Å². The Labute approximate surface area is 144 Å². The highest BCUT2D eigenvalue weighted by Gasteiger charge is 2.36. The fraction of sp³-hybridized carbons (Fsp3) is 0.471. The second kappa shape index (κ2) is 6.63. The quantitative estimate of drug-likeness (QED) is 0.899. The van der Waals surface area contributed by atoms with E-state index in [9.17, 15) is 4.79 Å². The number of hydrogen-bond acceptors (Lipinski definition) is 5. The number of rotatable bonds is 4. The molecule has 23 heavy (non-hydrogen) atoms. The van der Waals surface area contributed by atoms with Crippen molar-refractivity contribution in [1.82, 2.24) is 5.32 Å². The molecule has 0 saturated carbocycles. The number of hydrogen-bond donors (Lipinski definition) is 1. The lowest BCUT2D eigenvalue weighted by atomic mass is 10.0. The van der Waals surface area contributed by atoms with Crippen LogP contribution in [-0.2, 0) is 11.3 Å². The van der Waals surface area contributed by atoms with Crippen LogP contribution in [0.3, 0.4) is 0 Å². The van der Waals surface area contributed by atoms with Crippen LogP contribution in [0.25, 0.3) is 0 Å². The Bertz CT molecular complexity index is 630. The van der Waals surface area contributed by atoms with Gasteiger partial charge >= 0.3 is 6.09 Å². The minimum Gasteiger partial charge on any atom is -0.446 e. The molecule has 122 valence electrons. The zero-order valence-electron chi connectivity index (χ0n) is 12.8. The Morgan fingerprint density at radius 2 is 1.91 bits per heavy atom. The van der Waals surface area contributed by atoms with Crippen LogP contribution in [0.5, 0.6) is 0 Å². The summed E-state index contributed by atoms with van der Waals surface area (Å²) in [6.45, 7) is 0.566. The molecule has 0 unspecified atom stereocenters. The number of fused-ring (bicyclic) bond motifs is 2. The summed E-state index contributed by atoms with van der Waals surface area (Å²) in [5.41, 5.74) is 2.06. The molecule has 1 amide bonds. The summed E-state index contributed by atoms with van der Waals surface area (Å²) in [6.07, 6.45) is 4.13. The molecular formula is C17H20N2O2S2. The van der Waals surface area contributed by atoms with Crippen LogP contribution in [-0.4, -0.2) is 24.3 Å². The van der Waals surface area contributed by atoms with Gasteiger partial charge in [-0.1, -0.05) is 0 Å². The molecule has 2 fully saturated rings. The van der Waals surface area contributed by atoms with Crippen LogP contribution in [0.1, 0.15) is 31.2 Å². The number of piperidine rings is 1. The van der Waals surface area contributed by atoms with Crippen LogP contribution in [0.2, 0.25) is 0 Å². The average Bonchev–Trinajstić information content (AvgIpc) is 3.27. The molecule has 4 nitrogen and oxygen atoms in total. The fourth-order valence-electron chi connectivity index (χ4n) is 3.54. The predicted octanol–water partition coefficient (Wildman–Crippen LogP) is 4.24. The first-order chi connectivity index (χ1) is 11.3. The number of anilines is 1. The minimum absolute atomic E-state index is 0.0462. The van der Waals surface area contributed by atoms with Gasteiger partial charge in [0.2, 0.25) is 0 Å². The molecule has 0 aliphatic carbocycles. The van der Waals surface area contributed by atoms with Gasteiger partial charge in [-0.3, -0.25) is 4.90 Å². The third-order valence-corrected chi connectivity index (χ3v) is 6.06. The molecule has 2 bridgehead atoms. The molecule has 3 atom stereocenters. The maximum atomic E-state index is 12.8. The van der Waals surface area contributed by atoms with Gasteiger partial charge in [-0.05, 0) is 59.5 Å². The Hall–Kier alpha value is -1.37. The van der Waals surface area contributed by atoms with Crippen molar-refractivity contribution in [2.24, 2.45) is 0 Å². The molecule has 1 N–H and O–H groups in total. The summed E-state index contributed by atoms with van der Waals surface area (Å²) < 4.78 is 5.86. The van der Waals surface area contributed by atoms with Crippen molar-refractivity contribution < 1.29 is 9.53 Å². The van der Waals surface area contributed by atoms with Gasteiger partial charge in [-0.15, -0.1) is 0 Å². The topological polar surface area (TPSA) is 41.6 Å². The third-order valence-electron chi connectivity index (χ3n) is 4.66. The largest absolute Gasteiger partial charge is 0.446 e. The second-order valence-electron chi connectivity index (χ2n) is 6.31. The normalized spacial score (nSPS) is 26.2.